The predicted molar refractivity (Wildman–Crippen MR) is 51.4 cm³/mol. The van der Waals surface area contributed by atoms with Crippen molar-refractivity contribution in [2.24, 2.45) is 11.7 Å². The highest BCUT2D eigenvalue weighted by molar-refractivity contribution is 4.94. The highest BCUT2D eigenvalue weighted by Crippen LogP contribution is 2.20. The van der Waals surface area contributed by atoms with E-state index in [0.717, 1.165) is 12.3 Å². The molecule has 0 aliphatic carbocycles. The van der Waals surface area contributed by atoms with E-state index in [9.17, 15) is 0 Å². The Morgan fingerprint density at radius 3 is 2.67 bits per heavy atom. The SMILES string of the molecule is CN1CCC(CCC#CN)CC1. The van der Waals surface area contributed by atoms with Crippen molar-refractivity contribution in [2.75, 3.05) is 20.1 Å². The molecule has 0 saturated carbocycles. The molecule has 0 amide bonds. The molecule has 1 heterocycles. The zero-order valence-electron chi connectivity index (χ0n) is 7.84. The molecule has 2 nitrogen and oxygen atoms in total. The molecule has 0 aromatic heterocycles. The van der Waals surface area contributed by atoms with Gasteiger partial charge in [-0.25, -0.2) is 0 Å². The summed E-state index contributed by atoms with van der Waals surface area (Å²) in [4.78, 5) is 2.39. The summed E-state index contributed by atoms with van der Waals surface area (Å²) in [5.41, 5.74) is 5.10. The van der Waals surface area contributed by atoms with Crippen LogP contribution in [0.1, 0.15) is 25.7 Å². The van der Waals surface area contributed by atoms with Crippen LogP contribution in [0.25, 0.3) is 0 Å². The van der Waals surface area contributed by atoms with Gasteiger partial charge >= 0.3 is 0 Å². The molecule has 0 radical (unpaired) electrons. The van der Waals surface area contributed by atoms with E-state index >= 15 is 0 Å². The molecule has 1 aliphatic rings. The van der Waals surface area contributed by atoms with Gasteiger partial charge in [-0.05, 0) is 45.3 Å². The van der Waals surface area contributed by atoms with Gasteiger partial charge in [0, 0.05) is 12.5 Å². The van der Waals surface area contributed by atoms with E-state index in [2.05, 4.69) is 23.9 Å². The molecule has 2 heteroatoms. The lowest BCUT2D eigenvalue weighted by Gasteiger charge is -2.28. The van der Waals surface area contributed by atoms with Crippen molar-refractivity contribution in [1.29, 1.82) is 0 Å². The van der Waals surface area contributed by atoms with Crippen molar-refractivity contribution in [3.05, 3.63) is 0 Å². The average Bonchev–Trinajstić information content (AvgIpc) is 2.09. The average molecular weight is 166 g/mol. The van der Waals surface area contributed by atoms with E-state index in [-0.39, 0.29) is 0 Å². The van der Waals surface area contributed by atoms with E-state index < -0.39 is 0 Å². The second-order valence-electron chi connectivity index (χ2n) is 3.61. The third-order valence-corrected chi connectivity index (χ3v) is 2.62. The van der Waals surface area contributed by atoms with Gasteiger partial charge in [-0.1, -0.05) is 5.92 Å². The number of rotatable bonds is 2. The van der Waals surface area contributed by atoms with Gasteiger partial charge in [0.05, 0.1) is 0 Å². The standard InChI is InChI=1S/C10H18N2/c1-12-8-5-10(6-9-12)4-2-3-7-11/h10H,2,4-6,8-9,11H2,1H3. The molecular weight excluding hydrogens is 148 g/mol. The van der Waals surface area contributed by atoms with Crippen LogP contribution in [0.5, 0.6) is 0 Å². The number of likely N-dealkylation sites (tertiary alicyclic amines) is 1. The first-order valence-corrected chi connectivity index (χ1v) is 4.70. The predicted octanol–water partition coefficient (Wildman–Crippen LogP) is 1.03. The molecule has 0 spiro atoms. The number of piperidine rings is 1. The summed E-state index contributed by atoms with van der Waals surface area (Å²) in [6.45, 7) is 2.50. The fraction of sp³-hybridized carbons (Fsp3) is 0.800. The summed E-state index contributed by atoms with van der Waals surface area (Å²) in [6, 6.07) is 2.46. The van der Waals surface area contributed by atoms with Gasteiger partial charge in [0.25, 0.3) is 0 Å². The second-order valence-corrected chi connectivity index (χ2v) is 3.61. The van der Waals surface area contributed by atoms with Crippen LogP contribution in [0.3, 0.4) is 0 Å². The fourth-order valence-electron chi connectivity index (χ4n) is 1.70. The Morgan fingerprint density at radius 1 is 1.42 bits per heavy atom. The summed E-state index contributed by atoms with van der Waals surface area (Å²) in [5.74, 6) is 3.81. The number of hydrogen-bond acceptors (Lipinski definition) is 2. The molecule has 12 heavy (non-hydrogen) atoms. The molecule has 0 unspecified atom stereocenters. The molecular formula is C10H18N2. The number of nitrogens with zero attached hydrogens (tertiary/aromatic N) is 1. The lowest BCUT2D eigenvalue weighted by Crippen LogP contribution is -2.30. The lowest BCUT2D eigenvalue weighted by molar-refractivity contribution is 0.213. The van der Waals surface area contributed by atoms with Crippen molar-refractivity contribution in [3.63, 3.8) is 0 Å². The topological polar surface area (TPSA) is 29.3 Å². The highest BCUT2D eigenvalue weighted by Gasteiger charge is 2.15. The molecule has 0 bridgehead atoms. The summed E-state index contributed by atoms with van der Waals surface area (Å²) in [6.07, 6.45) is 4.88. The number of hydrogen-bond donors (Lipinski definition) is 1. The van der Waals surface area contributed by atoms with Crippen molar-refractivity contribution >= 4 is 0 Å². The first-order chi connectivity index (χ1) is 5.83. The van der Waals surface area contributed by atoms with Crippen molar-refractivity contribution in [2.45, 2.75) is 25.7 Å². The Morgan fingerprint density at radius 2 is 2.08 bits per heavy atom. The van der Waals surface area contributed by atoms with Crippen molar-refractivity contribution < 1.29 is 0 Å². The fourth-order valence-corrected chi connectivity index (χ4v) is 1.70. The molecule has 1 rings (SSSR count). The van der Waals surface area contributed by atoms with Crippen LogP contribution in [0.4, 0.5) is 0 Å². The largest absolute Gasteiger partial charge is 0.359 e. The first kappa shape index (κ1) is 9.41. The molecule has 68 valence electrons. The summed E-state index contributed by atoms with van der Waals surface area (Å²) in [7, 11) is 2.19. The summed E-state index contributed by atoms with van der Waals surface area (Å²) < 4.78 is 0. The maximum atomic E-state index is 5.10. The normalized spacial score (nSPS) is 20.1. The monoisotopic (exact) mass is 166 g/mol. The van der Waals surface area contributed by atoms with Crippen LogP contribution in [0, 0.1) is 17.9 Å². The second kappa shape index (κ2) is 5.05. The van der Waals surface area contributed by atoms with Crippen molar-refractivity contribution in [3.8, 4) is 12.0 Å². The third-order valence-electron chi connectivity index (χ3n) is 2.62. The molecule has 1 aliphatic heterocycles. The maximum absolute atomic E-state index is 5.10. The van der Waals surface area contributed by atoms with E-state index in [1.807, 2.05) is 0 Å². The Balaban J connectivity index is 2.12. The maximum Gasteiger partial charge on any atom is 0.0110 e. The van der Waals surface area contributed by atoms with Crippen LogP contribution < -0.4 is 5.73 Å². The molecule has 0 aromatic rings. The van der Waals surface area contributed by atoms with Crippen LogP contribution in [-0.2, 0) is 0 Å². The quantitative estimate of drug-likeness (QED) is 0.490. The van der Waals surface area contributed by atoms with Gasteiger partial charge < -0.3 is 10.6 Å². The van der Waals surface area contributed by atoms with Crippen LogP contribution >= 0.6 is 0 Å². The third kappa shape index (κ3) is 3.15. The Hall–Kier alpha value is -0.680. The molecule has 1 saturated heterocycles. The van der Waals surface area contributed by atoms with Crippen LogP contribution in [0.15, 0.2) is 0 Å². The van der Waals surface area contributed by atoms with Gasteiger partial charge in [0.15, 0.2) is 0 Å². The lowest BCUT2D eigenvalue weighted by atomic mass is 9.93. The minimum atomic E-state index is 0.891. The first-order valence-electron chi connectivity index (χ1n) is 4.70. The molecule has 0 aromatic carbocycles. The minimum absolute atomic E-state index is 0.891. The van der Waals surface area contributed by atoms with Gasteiger partial charge in [-0.15, -0.1) is 0 Å². The zero-order chi connectivity index (χ0) is 8.81. The van der Waals surface area contributed by atoms with E-state index in [1.165, 1.54) is 32.4 Å². The Bertz CT molecular complexity index is 170. The highest BCUT2D eigenvalue weighted by atomic mass is 15.1. The molecule has 2 N–H and O–H groups in total. The van der Waals surface area contributed by atoms with Crippen LogP contribution in [-0.4, -0.2) is 25.0 Å². The van der Waals surface area contributed by atoms with E-state index in [0.29, 0.717) is 0 Å². The summed E-state index contributed by atoms with van der Waals surface area (Å²) in [5, 5.41) is 0. The van der Waals surface area contributed by atoms with Gasteiger partial charge in [-0.2, -0.15) is 0 Å². The summed E-state index contributed by atoms with van der Waals surface area (Å²) >= 11 is 0. The Kier molecular flexibility index (Phi) is 3.96. The Labute approximate surface area is 75.1 Å². The van der Waals surface area contributed by atoms with E-state index in [4.69, 9.17) is 5.73 Å². The molecule has 0 atom stereocenters. The van der Waals surface area contributed by atoms with Gasteiger partial charge in [0.1, 0.15) is 0 Å². The smallest absolute Gasteiger partial charge is 0.0110 e. The van der Waals surface area contributed by atoms with Crippen LogP contribution in [0.2, 0.25) is 0 Å². The van der Waals surface area contributed by atoms with E-state index in [1.54, 1.807) is 0 Å². The zero-order valence-corrected chi connectivity index (χ0v) is 7.84. The van der Waals surface area contributed by atoms with Gasteiger partial charge in [0.2, 0.25) is 0 Å². The minimum Gasteiger partial charge on any atom is -0.359 e. The van der Waals surface area contributed by atoms with Crippen molar-refractivity contribution in [1.82, 2.24) is 4.90 Å². The molecule has 1 fully saturated rings. The number of nitrogens with two attached hydrogens (primary N) is 1. The van der Waals surface area contributed by atoms with Gasteiger partial charge in [-0.3, -0.25) is 0 Å².